The third-order valence-corrected chi connectivity index (χ3v) is 3.38. The van der Waals surface area contributed by atoms with Gasteiger partial charge in [0.1, 0.15) is 18.4 Å². The zero-order valence-electron chi connectivity index (χ0n) is 10.9. The molecule has 0 unspecified atom stereocenters. The summed E-state index contributed by atoms with van der Waals surface area (Å²) in [6, 6.07) is 7.79. The van der Waals surface area contributed by atoms with Crippen molar-refractivity contribution in [1.29, 1.82) is 0 Å². The Kier molecular flexibility index (Phi) is 3.90. The largest absolute Gasteiger partial charge is 0.423 e. The van der Waals surface area contributed by atoms with Gasteiger partial charge in [0, 0.05) is 7.05 Å². The number of ether oxygens (including phenoxy) is 1. The Morgan fingerprint density at radius 2 is 2.05 bits per heavy atom. The topological polar surface area (TPSA) is 90.6 Å². The van der Waals surface area contributed by atoms with Crippen molar-refractivity contribution in [3.63, 3.8) is 0 Å². The molecule has 0 aliphatic heterocycles. The number of aromatic nitrogens is 6. The Morgan fingerprint density at radius 3 is 2.76 bits per heavy atom. The molecule has 0 saturated heterocycles. The highest BCUT2D eigenvalue weighted by molar-refractivity contribution is 14.1. The molecule has 0 radical (unpaired) electrons. The molecule has 106 valence electrons. The summed E-state index contributed by atoms with van der Waals surface area (Å²) in [7, 11) is 1.72. The number of hydrogen-bond donors (Lipinski definition) is 1. The van der Waals surface area contributed by atoms with Crippen LogP contribution in [0.2, 0.25) is 0 Å². The highest BCUT2D eigenvalue weighted by Gasteiger charge is 2.11. The van der Waals surface area contributed by atoms with Crippen LogP contribution in [-0.2, 0) is 0 Å². The van der Waals surface area contributed by atoms with Gasteiger partial charge in [0.15, 0.2) is 0 Å². The molecule has 2 heterocycles. The summed E-state index contributed by atoms with van der Waals surface area (Å²) in [6.45, 7) is 0. The third-order valence-electron chi connectivity index (χ3n) is 2.49. The molecule has 0 bridgehead atoms. The standard InChI is InChI=1S/C12H10IN7O/c1-14-10-17-11(20-7-15-6-16-20)19-12(18-10)21-9-5-3-2-4-8(9)13/h2-7H,1H3,(H,14,17,18,19). The molecule has 0 saturated carbocycles. The summed E-state index contributed by atoms with van der Waals surface area (Å²) in [5.41, 5.74) is 0. The van der Waals surface area contributed by atoms with E-state index < -0.39 is 0 Å². The van der Waals surface area contributed by atoms with Crippen LogP contribution in [0.25, 0.3) is 5.95 Å². The van der Waals surface area contributed by atoms with Crippen LogP contribution < -0.4 is 10.1 Å². The lowest BCUT2D eigenvalue weighted by atomic mass is 10.3. The second kappa shape index (κ2) is 5.99. The van der Waals surface area contributed by atoms with Crippen molar-refractivity contribution in [1.82, 2.24) is 29.7 Å². The summed E-state index contributed by atoms with van der Waals surface area (Å²) < 4.78 is 8.12. The van der Waals surface area contributed by atoms with Gasteiger partial charge < -0.3 is 10.1 Å². The van der Waals surface area contributed by atoms with Gasteiger partial charge in [-0.2, -0.15) is 24.7 Å². The van der Waals surface area contributed by atoms with Gasteiger partial charge in [-0.05, 0) is 34.7 Å². The molecule has 0 aliphatic carbocycles. The summed E-state index contributed by atoms with van der Waals surface area (Å²) in [5.74, 6) is 1.39. The second-order valence-corrected chi connectivity index (χ2v) is 5.03. The van der Waals surface area contributed by atoms with E-state index in [1.54, 1.807) is 7.05 Å². The van der Waals surface area contributed by atoms with Crippen LogP contribution >= 0.6 is 22.6 Å². The van der Waals surface area contributed by atoms with E-state index in [2.05, 4.69) is 52.9 Å². The zero-order chi connectivity index (χ0) is 14.7. The highest BCUT2D eigenvalue weighted by atomic mass is 127. The van der Waals surface area contributed by atoms with E-state index in [1.165, 1.54) is 17.3 Å². The van der Waals surface area contributed by atoms with E-state index >= 15 is 0 Å². The van der Waals surface area contributed by atoms with Gasteiger partial charge >= 0.3 is 6.01 Å². The second-order valence-electron chi connectivity index (χ2n) is 3.86. The van der Waals surface area contributed by atoms with Crippen LogP contribution in [0.4, 0.5) is 5.95 Å². The number of para-hydroxylation sites is 1. The molecule has 0 amide bonds. The Hall–Kier alpha value is -2.30. The van der Waals surface area contributed by atoms with E-state index in [4.69, 9.17) is 4.74 Å². The summed E-state index contributed by atoms with van der Waals surface area (Å²) in [6.07, 6.45) is 2.91. The Morgan fingerprint density at radius 1 is 1.19 bits per heavy atom. The van der Waals surface area contributed by atoms with Gasteiger partial charge in [0.05, 0.1) is 3.57 Å². The van der Waals surface area contributed by atoms with Crippen molar-refractivity contribution >= 4 is 28.5 Å². The van der Waals surface area contributed by atoms with Crippen LogP contribution in [0.3, 0.4) is 0 Å². The monoisotopic (exact) mass is 395 g/mol. The first-order valence-electron chi connectivity index (χ1n) is 5.97. The van der Waals surface area contributed by atoms with Gasteiger partial charge in [-0.1, -0.05) is 12.1 Å². The summed E-state index contributed by atoms with van der Waals surface area (Å²) in [4.78, 5) is 16.5. The molecular formula is C12H10IN7O. The fourth-order valence-corrected chi connectivity index (χ4v) is 2.04. The third kappa shape index (κ3) is 3.07. The molecule has 0 spiro atoms. The van der Waals surface area contributed by atoms with Crippen LogP contribution in [0.1, 0.15) is 0 Å². The van der Waals surface area contributed by atoms with Gasteiger partial charge in [-0.15, -0.1) is 0 Å². The zero-order valence-corrected chi connectivity index (χ0v) is 13.1. The number of halogens is 1. The maximum atomic E-state index is 5.72. The first-order valence-corrected chi connectivity index (χ1v) is 7.05. The maximum absolute atomic E-state index is 5.72. The molecular weight excluding hydrogens is 385 g/mol. The predicted molar refractivity (Wildman–Crippen MR) is 83.5 cm³/mol. The van der Waals surface area contributed by atoms with Gasteiger partial charge in [0.25, 0.3) is 5.95 Å². The van der Waals surface area contributed by atoms with Gasteiger partial charge in [0.2, 0.25) is 5.95 Å². The molecule has 0 atom stereocenters. The average Bonchev–Trinajstić information content (AvgIpc) is 3.04. The van der Waals surface area contributed by atoms with E-state index in [9.17, 15) is 0 Å². The van der Waals surface area contributed by atoms with Crippen molar-refractivity contribution in [2.24, 2.45) is 0 Å². The van der Waals surface area contributed by atoms with Crippen LogP contribution in [0.5, 0.6) is 11.8 Å². The van der Waals surface area contributed by atoms with E-state index in [1.807, 2.05) is 24.3 Å². The van der Waals surface area contributed by atoms with E-state index in [0.717, 1.165) is 3.57 Å². The average molecular weight is 395 g/mol. The van der Waals surface area contributed by atoms with Crippen molar-refractivity contribution in [2.75, 3.05) is 12.4 Å². The fourth-order valence-electron chi connectivity index (χ4n) is 1.54. The maximum Gasteiger partial charge on any atom is 0.328 e. The molecule has 8 nitrogen and oxygen atoms in total. The molecule has 1 N–H and O–H groups in total. The molecule has 0 fully saturated rings. The Balaban J connectivity index is 1.99. The highest BCUT2D eigenvalue weighted by Crippen LogP contribution is 2.24. The fraction of sp³-hybridized carbons (Fsp3) is 0.0833. The number of anilines is 1. The van der Waals surface area contributed by atoms with Crippen LogP contribution in [-0.4, -0.2) is 36.8 Å². The molecule has 1 aromatic carbocycles. The minimum Gasteiger partial charge on any atom is -0.423 e. The summed E-state index contributed by atoms with van der Waals surface area (Å²) >= 11 is 2.19. The first kappa shape index (κ1) is 13.7. The smallest absolute Gasteiger partial charge is 0.328 e. The lowest BCUT2D eigenvalue weighted by Crippen LogP contribution is -2.08. The molecule has 3 rings (SSSR count). The number of nitrogens with zero attached hydrogens (tertiary/aromatic N) is 6. The SMILES string of the molecule is CNc1nc(Oc2ccccc2I)nc(-n2cncn2)n1. The lowest BCUT2D eigenvalue weighted by molar-refractivity contribution is 0.435. The number of benzene rings is 1. The van der Waals surface area contributed by atoms with Crippen molar-refractivity contribution in [3.05, 3.63) is 40.5 Å². The van der Waals surface area contributed by atoms with E-state index in [-0.39, 0.29) is 6.01 Å². The minimum atomic E-state index is 0.184. The first-order chi connectivity index (χ1) is 10.3. The number of hydrogen-bond acceptors (Lipinski definition) is 7. The van der Waals surface area contributed by atoms with Crippen molar-refractivity contribution in [3.8, 4) is 17.7 Å². The molecule has 3 aromatic rings. The minimum absolute atomic E-state index is 0.184. The molecule has 0 aliphatic rings. The normalized spacial score (nSPS) is 10.4. The predicted octanol–water partition coefficient (Wildman–Crippen LogP) is 1.89. The molecule has 21 heavy (non-hydrogen) atoms. The van der Waals surface area contributed by atoms with Crippen LogP contribution in [0, 0.1) is 3.57 Å². The van der Waals surface area contributed by atoms with Gasteiger partial charge in [-0.3, -0.25) is 0 Å². The molecule has 9 heteroatoms. The molecule has 2 aromatic heterocycles. The summed E-state index contributed by atoms with van der Waals surface area (Å²) in [5, 5.41) is 6.86. The van der Waals surface area contributed by atoms with Crippen molar-refractivity contribution < 1.29 is 4.74 Å². The van der Waals surface area contributed by atoms with Crippen molar-refractivity contribution in [2.45, 2.75) is 0 Å². The Bertz CT molecular complexity index is 747. The van der Waals surface area contributed by atoms with E-state index in [0.29, 0.717) is 17.6 Å². The Labute approximate surface area is 133 Å². The quantitative estimate of drug-likeness (QED) is 0.675. The van der Waals surface area contributed by atoms with Gasteiger partial charge in [-0.25, -0.2) is 4.98 Å². The van der Waals surface area contributed by atoms with Crippen LogP contribution in [0.15, 0.2) is 36.9 Å². The number of nitrogens with one attached hydrogen (secondary N) is 1. The lowest BCUT2D eigenvalue weighted by Gasteiger charge is -2.08. The number of rotatable bonds is 4.